The lowest BCUT2D eigenvalue weighted by Crippen LogP contribution is -2.40. The molecular formula is C19H21N3O5S. The first-order valence-electron chi connectivity index (χ1n) is 8.70. The van der Waals surface area contributed by atoms with E-state index in [9.17, 15) is 18.3 Å². The zero-order valence-corrected chi connectivity index (χ0v) is 16.1. The molecule has 1 heterocycles. The van der Waals surface area contributed by atoms with Crippen LogP contribution >= 0.6 is 0 Å². The summed E-state index contributed by atoms with van der Waals surface area (Å²) in [4.78, 5) is 12.5. The summed E-state index contributed by atoms with van der Waals surface area (Å²) < 4.78 is 32.0. The molecule has 0 radical (unpaired) electrons. The van der Waals surface area contributed by atoms with E-state index in [0.29, 0.717) is 24.5 Å². The number of carbonyl (C=O) groups excluding carboxylic acids is 1. The molecule has 2 aromatic carbocycles. The summed E-state index contributed by atoms with van der Waals surface area (Å²) in [6, 6.07) is 12.4. The van der Waals surface area contributed by atoms with Crippen LogP contribution in [0.1, 0.15) is 22.8 Å². The summed E-state index contributed by atoms with van der Waals surface area (Å²) >= 11 is 0. The van der Waals surface area contributed by atoms with Crippen molar-refractivity contribution in [2.24, 2.45) is 5.10 Å². The molecule has 1 amide bonds. The van der Waals surface area contributed by atoms with Gasteiger partial charge in [-0.2, -0.15) is 9.41 Å². The van der Waals surface area contributed by atoms with Gasteiger partial charge < -0.3 is 9.84 Å². The fraction of sp³-hybridized carbons (Fsp3) is 0.263. The number of aromatic hydroxyl groups is 1. The Morgan fingerprint density at radius 3 is 2.57 bits per heavy atom. The van der Waals surface area contributed by atoms with Crippen LogP contribution in [0.25, 0.3) is 0 Å². The van der Waals surface area contributed by atoms with Crippen LogP contribution in [-0.4, -0.2) is 55.8 Å². The number of carbonyl (C=O) groups is 1. The third-order valence-electron chi connectivity index (χ3n) is 4.32. The van der Waals surface area contributed by atoms with Gasteiger partial charge in [0.2, 0.25) is 10.0 Å². The molecular weight excluding hydrogens is 382 g/mol. The fourth-order valence-electron chi connectivity index (χ4n) is 2.77. The van der Waals surface area contributed by atoms with Crippen LogP contribution in [0.4, 0.5) is 0 Å². The van der Waals surface area contributed by atoms with E-state index >= 15 is 0 Å². The summed E-state index contributed by atoms with van der Waals surface area (Å²) in [6.07, 6.45) is 0. The predicted octanol–water partition coefficient (Wildman–Crippen LogP) is 1.57. The lowest BCUT2D eigenvalue weighted by molar-refractivity contribution is 0.0730. The summed E-state index contributed by atoms with van der Waals surface area (Å²) in [6.45, 7) is 2.90. The highest BCUT2D eigenvalue weighted by atomic mass is 32.2. The molecule has 148 valence electrons. The van der Waals surface area contributed by atoms with E-state index in [2.05, 4.69) is 10.5 Å². The van der Waals surface area contributed by atoms with Crippen molar-refractivity contribution >= 4 is 21.6 Å². The van der Waals surface area contributed by atoms with Crippen LogP contribution in [0.3, 0.4) is 0 Å². The van der Waals surface area contributed by atoms with E-state index in [0.717, 1.165) is 0 Å². The Hall–Kier alpha value is -2.75. The van der Waals surface area contributed by atoms with Crippen LogP contribution in [-0.2, 0) is 14.8 Å². The van der Waals surface area contributed by atoms with E-state index in [1.54, 1.807) is 25.1 Å². The Morgan fingerprint density at radius 1 is 1.14 bits per heavy atom. The molecule has 2 aromatic rings. The maximum atomic E-state index is 12.7. The zero-order chi connectivity index (χ0) is 20.1. The molecule has 1 fully saturated rings. The molecule has 3 rings (SSSR count). The Balaban J connectivity index is 1.77. The molecule has 1 aliphatic rings. The van der Waals surface area contributed by atoms with Crippen LogP contribution < -0.4 is 5.43 Å². The first-order chi connectivity index (χ1) is 13.4. The molecule has 9 heteroatoms. The molecule has 28 heavy (non-hydrogen) atoms. The van der Waals surface area contributed by atoms with Gasteiger partial charge in [-0.25, -0.2) is 13.8 Å². The Labute approximate surface area is 163 Å². The Kier molecular flexibility index (Phi) is 6.08. The van der Waals surface area contributed by atoms with Gasteiger partial charge in [-0.1, -0.05) is 18.2 Å². The number of para-hydroxylation sites is 1. The highest BCUT2D eigenvalue weighted by Crippen LogP contribution is 2.19. The second-order valence-corrected chi connectivity index (χ2v) is 8.14. The molecule has 0 bridgehead atoms. The van der Waals surface area contributed by atoms with Crippen molar-refractivity contribution in [1.29, 1.82) is 0 Å². The highest BCUT2D eigenvalue weighted by Gasteiger charge is 2.26. The van der Waals surface area contributed by atoms with Gasteiger partial charge in [0.15, 0.2) is 0 Å². The van der Waals surface area contributed by atoms with Gasteiger partial charge in [0.1, 0.15) is 5.75 Å². The molecule has 0 spiro atoms. The van der Waals surface area contributed by atoms with Crippen LogP contribution in [0.5, 0.6) is 5.75 Å². The van der Waals surface area contributed by atoms with E-state index in [1.807, 2.05) is 0 Å². The van der Waals surface area contributed by atoms with E-state index in [-0.39, 0.29) is 29.3 Å². The average Bonchev–Trinajstić information content (AvgIpc) is 2.73. The second kappa shape index (κ2) is 8.51. The number of rotatable bonds is 5. The van der Waals surface area contributed by atoms with Gasteiger partial charge in [-0.3, -0.25) is 4.79 Å². The minimum absolute atomic E-state index is 0.0449. The smallest absolute Gasteiger partial charge is 0.271 e. The van der Waals surface area contributed by atoms with Crippen LogP contribution in [0.15, 0.2) is 58.5 Å². The number of benzene rings is 2. The summed E-state index contributed by atoms with van der Waals surface area (Å²) in [7, 11) is -3.69. The largest absolute Gasteiger partial charge is 0.507 e. The van der Waals surface area contributed by atoms with Crippen LogP contribution in [0, 0.1) is 0 Å². The maximum absolute atomic E-state index is 12.7. The van der Waals surface area contributed by atoms with E-state index in [4.69, 9.17) is 4.74 Å². The van der Waals surface area contributed by atoms with Gasteiger partial charge >= 0.3 is 0 Å². The number of amides is 1. The minimum Gasteiger partial charge on any atom is -0.507 e. The Bertz CT molecular complexity index is 998. The number of hydrogen-bond donors (Lipinski definition) is 2. The zero-order valence-electron chi connectivity index (χ0n) is 15.3. The Morgan fingerprint density at radius 2 is 1.86 bits per heavy atom. The fourth-order valence-corrected chi connectivity index (χ4v) is 4.23. The second-order valence-electron chi connectivity index (χ2n) is 6.20. The third-order valence-corrected chi connectivity index (χ3v) is 6.22. The van der Waals surface area contributed by atoms with Gasteiger partial charge in [0.05, 0.1) is 23.8 Å². The topological polar surface area (TPSA) is 108 Å². The van der Waals surface area contributed by atoms with Gasteiger partial charge in [-0.05, 0) is 37.3 Å². The molecule has 0 atom stereocenters. The average molecular weight is 403 g/mol. The lowest BCUT2D eigenvalue weighted by Gasteiger charge is -2.26. The van der Waals surface area contributed by atoms with Crippen molar-refractivity contribution in [3.63, 3.8) is 0 Å². The van der Waals surface area contributed by atoms with Crippen LogP contribution in [0.2, 0.25) is 0 Å². The first kappa shape index (κ1) is 20.0. The number of morpholine rings is 1. The van der Waals surface area contributed by atoms with Crippen molar-refractivity contribution in [3.8, 4) is 5.75 Å². The lowest BCUT2D eigenvalue weighted by atomic mass is 10.1. The molecule has 1 aliphatic heterocycles. The molecule has 0 unspecified atom stereocenters. The normalized spacial score (nSPS) is 16.0. The summed E-state index contributed by atoms with van der Waals surface area (Å²) in [5, 5.41) is 13.8. The minimum atomic E-state index is -3.69. The summed E-state index contributed by atoms with van der Waals surface area (Å²) in [5.41, 5.74) is 3.47. The van der Waals surface area contributed by atoms with E-state index < -0.39 is 15.9 Å². The number of nitrogens with zero attached hydrogens (tertiary/aromatic N) is 2. The predicted molar refractivity (Wildman–Crippen MR) is 104 cm³/mol. The first-order valence-corrected chi connectivity index (χ1v) is 10.1. The van der Waals surface area contributed by atoms with E-state index in [1.165, 1.54) is 34.6 Å². The number of phenols is 1. The molecule has 0 aliphatic carbocycles. The molecule has 2 N–H and O–H groups in total. The highest BCUT2D eigenvalue weighted by molar-refractivity contribution is 7.89. The van der Waals surface area contributed by atoms with Crippen molar-refractivity contribution in [2.75, 3.05) is 26.3 Å². The number of sulfonamides is 1. The van der Waals surface area contributed by atoms with Gasteiger partial charge in [0, 0.05) is 24.2 Å². The number of nitrogens with one attached hydrogen (secondary N) is 1. The standard InChI is InChI=1S/C19H21N3O5S/c1-14(17-7-2-3-8-18(17)23)20-21-19(24)15-5-4-6-16(13-15)28(25,26)22-9-11-27-12-10-22/h2-8,13,23H,9-12H2,1H3,(H,21,24). The molecule has 1 saturated heterocycles. The molecule has 0 aromatic heterocycles. The van der Waals surface area contributed by atoms with Crippen molar-refractivity contribution < 1.29 is 23.1 Å². The third kappa shape index (κ3) is 4.38. The molecule has 0 saturated carbocycles. The number of hydrogen-bond acceptors (Lipinski definition) is 6. The van der Waals surface area contributed by atoms with Crippen molar-refractivity contribution in [3.05, 3.63) is 59.7 Å². The molecule has 8 nitrogen and oxygen atoms in total. The van der Waals surface area contributed by atoms with Crippen molar-refractivity contribution in [1.82, 2.24) is 9.73 Å². The summed E-state index contributed by atoms with van der Waals surface area (Å²) in [5.74, 6) is -0.495. The quantitative estimate of drug-likeness (QED) is 0.582. The van der Waals surface area contributed by atoms with Crippen molar-refractivity contribution in [2.45, 2.75) is 11.8 Å². The monoisotopic (exact) mass is 403 g/mol. The SMILES string of the molecule is CC(=NNC(=O)c1cccc(S(=O)(=O)N2CCOCC2)c1)c1ccccc1O. The van der Waals surface area contributed by atoms with Gasteiger partial charge in [0.25, 0.3) is 5.91 Å². The maximum Gasteiger partial charge on any atom is 0.271 e. The number of hydrazone groups is 1. The number of phenolic OH excluding ortho intramolecular Hbond substituents is 1. The number of ether oxygens (including phenoxy) is 1. The van der Waals surface area contributed by atoms with Gasteiger partial charge in [-0.15, -0.1) is 0 Å².